The summed E-state index contributed by atoms with van der Waals surface area (Å²) in [4.78, 5) is 10.4. The summed E-state index contributed by atoms with van der Waals surface area (Å²) in [5.41, 5.74) is 0. The first-order valence-corrected chi connectivity index (χ1v) is 3.99. The molecule has 1 nitrogen and oxygen atoms in total. The first-order valence-electron chi connectivity index (χ1n) is 2.12. The van der Waals surface area contributed by atoms with E-state index in [4.69, 9.17) is 6.42 Å². The largest absolute Gasteiger partial charge is 0.274 e. The summed E-state index contributed by atoms with van der Waals surface area (Å²) in [6, 6.07) is 0. The number of thioether (sulfide) groups is 2. The van der Waals surface area contributed by atoms with Crippen LogP contribution in [0.25, 0.3) is 0 Å². The summed E-state index contributed by atoms with van der Waals surface area (Å²) >= 11 is 2.56. The van der Waals surface area contributed by atoms with Crippen LogP contribution in [-0.4, -0.2) is 15.5 Å². The molecule has 8 heavy (non-hydrogen) atoms. The fraction of sp³-hybridized carbons (Fsp3) is 0.400. The van der Waals surface area contributed by atoms with Gasteiger partial charge in [-0.25, -0.2) is 0 Å². The Morgan fingerprint density at radius 2 is 2.62 bits per heavy atom. The van der Waals surface area contributed by atoms with Crippen LogP contribution in [0.5, 0.6) is 0 Å². The lowest BCUT2D eigenvalue weighted by atomic mass is 10.5. The molecule has 0 saturated carbocycles. The van der Waals surface area contributed by atoms with E-state index >= 15 is 0 Å². The third-order valence-corrected chi connectivity index (χ3v) is 3.15. The minimum atomic E-state index is 0.132. The van der Waals surface area contributed by atoms with Crippen molar-refractivity contribution < 1.29 is 4.79 Å². The molecule has 0 aliphatic carbocycles. The van der Waals surface area contributed by atoms with Crippen LogP contribution in [-0.2, 0) is 0 Å². The molecule has 0 aromatic carbocycles. The molecule has 1 heterocycles. The Labute approximate surface area is 56.6 Å². The van der Waals surface area contributed by atoms with Gasteiger partial charge in [0.05, 0.1) is 5.25 Å². The van der Waals surface area contributed by atoms with E-state index in [2.05, 4.69) is 5.92 Å². The van der Waals surface area contributed by atoms with Crippen molar-refractivity contribution in [3.8, 4) is 12.3 Å². The maximum absolute atomic E-state index is 10.4. The molecule has 0 spiro atoms. The molecule has 0 bridgehead atoms. The van der Waals surface area contributed by atoms with E-state index in [9.17, 15) is 4.79 Å². The summed E-state index contributed by atoms with van der Waals surface area (Å²) in [6.45, 7) is 0. The molecule has 3 heteroatoms. The third-order valence-electron chi connectivity index (χ3n) is 0.777. The molecule has 42 valence electrons. The highest BCUT2D eigenvalue weighted by Gasteiger charge is 2.21. The Kier molecular flexibility index (Phi) is 1.87. The van der Waals surface area contributed by atoms with Gasteiger partial charge in [-0.15, -0.1) is 6.42 Å². The van der Waals surface area contributed by atoms with E-state index in [0.717, 1.165) is 5.75 Å². The summed E-state index contributed by atoms with van der Waals surface area (Å²) in [7, 11) is 0. The predicted molar refractivity (Wildman–Crippen MR) is 38.1 cm³/mol. The minimum Gasteiger partial charge on any atom is -0.274 e. The van der Waals surface area contributed by atoms with Crippen LogP contribution in [0, 0.1) is 12.3 Å². The van der Waals surface area contributed by atoms with Gasteiger partial charge in [0.1, 0.15) is 0 Å². The number of hydrogen-bond acceptors (Lipinski definition) is 3. The molecule has 1 rings (SSSR count). The second-order valence-electron chi connectivity index (χ2n) is 1.33. The van der Waals surface area contributed by atoms with Crippen LogP contribution in [0.3, 0.4) is 0 Å². The van der Waals surface area contributed by atoms with E-state index in [1.807, 2.05) is 0 Å². The number of hydrogen-bond donors (Lipinski definition) is 0. The molecular weight excluding hydrogens is 140 g/mol. The van der Waals surface area contributed by atoms with Crippen molar-refractivity contribution in [3.63, 3.8) is 0 Å². The molecule has 0 radical (unpaired) electrons. The SMILES string of the molecule is C#CC1CSC(=O)S1. The maximum atomic E-state index is 10.4. The van der Waals surface area contributed by atoms with Crippen LogP contribution in [0.1, 0.15) is 0 Å². The molecule has 1 unspecified atom stereocenters. The molecule has 1 aliphatic rings. The maximum Gasteiger partial charge on any atom is 0.247 e. The molecule has 0 amide bonds. The number of carbonyl (C=O) groups is 1. The Bertz CT molecular complexity index is 147. The summed E-state index contributed by atoms with van der Waals surface area (Å²) in [5, 5.41) is 0.132. The molecule has 1 aliphatic heterocycles. The smallest absolute Gasteiger partial charge is 0.247 e. The van der Waals surface area contributed by atoms with Crippen molar-refractivity contribution in [1.82, 2.24) is 0 Å². The number of rotatable bonds is 0. The lowest BCUT2D eigenvalue weighted by molar-refractivity contribution is 0.277. The highest BCUT2D eigenvalue weighted by molar-refractivity contribution is 8.41. The first-order chi connectivity index (χ1) is 3.83. The molecular formula is C5H4OS2. The van der Waals surface area contributed by atoms with Gasteiger partial charge in [-0.05, 0) is 0 Å². The molecule has 1 saturated heterocycles. The van der Waals surface area contributed by atoms with Crippen LogP contribution in [0.15, 0.2) is 0 Å². The van der Waals surface area contributed by atoms with Gasteiger partial charge >= 0.3 is 0 Å². The van der Waals surface area contributed by atoms with Crippen molar-refractivity contribution >= 4 is 28.0 Å². The van der Waals surface area contributed by atoms with Crippen molar-refractivity contribution in [2.24, 2.45) is 0 Å². The third kappa shape index (κ3) is 1.21. The van der Waals surface area contributed by atoms with E-state index in [0.29, 0.717) is 0 Å². The Balaban J connectivity index is 2.47. The number of carbonyl (C=O) groups excluding carboxylic acids is 1. The predicted octanol–water partition coefficient (Wildman–Crippen LogP) is 1.59. The zero-order chi connectivity index (χ0) is 5.98. The number of terminal acetylenes is 1. The van der Waals surface area contributed by atoms with Crippen molar-refractivity contribution in [3.05, 3.63) is 0 Å². The molecule has 0 aromatic heterocycles. The standard InChI is InChI=1S/C5H4OS2/c1-2-4-3-7-5(6)8-4/h1,4H,3H2. The Morgan fingerprint density at radius 3 is 2.88 bits per heavy atom. The average molecular weight is 144 g/mol. The van der Waals surface area contributed by atoms with Gasteiger partial charge in [0.25, 0.3) is 0 Å². The van der Waals surface area contributed by atoms with Gasteiger partial charge in [-0.1, -0.05) is 29.4 Å². The van der Waals surface area contributed by atoms with Crippen molar-refractivity contribution in [2.75, 3.05) is 5.75 Å². The fourth-order valence-corrected chi connectivity index (χ4v) is 2.40. The van der Waals surface area contributed by atoms with E-state index in [-0.39, 0.29) is 9.70 Å². The molecule has 1 atom stereocenters. The monoisotopic (exact) mass is 144 g/mol. The highest BCUT2D eigenvalue weighted by atomic mass is 32.2. The summed E-state index contributed by atoms with van der Waals surface area (Å²) in [5.74, 6) is 3.31. The van der Waals surface area contributed by atoms with Crippen molar-refractivity contribution in [1.29, 1.82) is 0 Å². The zero-order valence-electron chi connectivity index (χ0n) is 4.09. The van der Waals surface area contributed by atoms with Gasteiger partial charge < -0.3 is 0 Å². The van der Waals surface area contributed by atoms with Crippen LogP contribution >= 0.6 is 23.5 Å². The average Bonchev–Trinajstić information content (AvgIpc) is 2.14. The zero-order valence-corrected chi connectivity index (χ0v) is 5.72. The molecule has 0 aromatic rings. The first kappa shape index (κ1) is 6.06. The van der Waals surface area contributed by atoms with Gasteiger partial charge in [0.15, 0.2) is 0 Å². The Hall–Kier alpha value is -0.0700. The molecule has 1 fully saturated rings. The minimum absolute atomic E-state index is 0.132. The lowest BCUT2D eigenvalue weighted by Crippen LogP contribution is -1.93. The van der Waals surface area contributed by atoms with E-state index in [1.165, 1.54) is 23.5 Å². The second-order valence-corrected chi connectivity index (χ2v) is 3.76. The van der Waals surface area contributed by atoms with Crippen LogP contribution in [0.2, 0.25) is 0 Å². The van der Waals surface area contributed by atoms with Gasteiger partial charge in [0.2, 0.25) is 4.45 Å². The summed E-state index contributed by atoms with van der Waals surface area (Å²) in [6.07, 6.45) is 5.06. The van der Waals surface area contributed by atoms with E-state index in [1.54, 1.807) is 0 Å². The highest BCUT2D eigenvalue weighted by Crippen LogP contribution is 2.31. The van der Waals surface area contributed by atoms with Crippen LogP contribution < -0.4 is 0 Å². The quantitative estimate of drug-likeness (QED) is 0.480. The van der Waals surface area contributed by atoms with Gasteiger partial charge in [-0.3, -0.25) is 4.79 Å². The second kappa shape index (κ2) is 2.47. The fourth-order valence-electron chi connectivity index (χ4n) is 0.410. The van der Waals surface area contributed by atoms with Crippen molar-refractivity contribution in [2.45, 2.75) is 5.25 Å². The van der Waals surface area contributed by atoms with Gasteiger partial charge in [0, 0.05) is 5.75 Å². The summed E-state index contributed by atoms with van der Waals surface area (Å²) < 4.78 is 0.160. The lowest BCUT2D eigenvalue weighted by Gasteiger charge is -1.88. The van der Waals surface area contributed by atoms with Gasteiger partial charge in [-0.2, -0.15) is 0 Å². The topological polar surface area (TPSA) is 17.1 Å². The van der Waals surface area contributed by atoms with Crippen LogP contribution in [0.4, 0.5) is 4.79 Å². The Morgan fingerprint density at radius 1 is 1.88 bits per heavy atom. The molecule has 0 N–H and O–H groups in total. The normalized spacial score (nSPS) is 27.9. The van der Waals surface area contributed by atoms with E-state index < -0.39 is 0 Å².